The summed E-state index contributed by atoms with van der Waals surface area (Å²) in [5.74, 6) is 0. The van der Waals surface area contributed by atoms with Crippen molar-refractivity contribution in [1.29, 1.82) is 0 Å². The quantitative estimate of drug-likeness (QED) is 0.694. The summed E-state index contributed by atoms with van der Waals surface area (Å²) in [6.45, 7) is 1.27. The Balaban J connectivity index is 1.66. The van der Waals surface area contributed by atoms with Crippen LogP contribution in [0.1, 0.15) is 0 Å². The van der Waals surface area contributed by atoms with Gasteiger partial charge in [-0.1, -0.05) is 36.4 Å². The fraction of sp³-hybridized carbons (Fsp3) is 0.400. The van der Waals surface area contributed by atoms with Crippen LogP contribution in [0.3, 0.4) is 0 Å². The molecular formula is C20H26N2O6S2. The van der Waals surface area contributed by atoms with Crippen molar-refractivity contribution in [2.45, 2.75) is 9.79 Å². The van der Waals surface area contributed by atoms with Crippen molar-refractivity contribution >= 4 is 20.0 Å². The molecule has 1 aliphatic rings. The molecule has 0 amide bonds. The maximum atomic E-state index is 12.9. The second-order valence-corrected chi connectivity index (χ2v) is 10.5. The highest BCUT2D eigenvalue weighted by Crippen LogP contribution is 2.17. The van der Waals surface area contributed by atoms with Crippen molar-refractivity contribution in [3.8, 4) is 0 Å². The minimum absolute atomic E-state index is 0.158. The Kier molecular flexibility index (Phi) is 7.98. The fourth-order valence-electron chi connectivity index (χ4n) is 3.06. The predicted octanol–water partition coefficient (Wildman–Crippen LogP) is 1.41. The summed E-state index contributed by atoms with van der Waals surface area (Å²) >= 11 is 0. The molecule has 0 N–H and O–H groups in total. The minimum atomic E-state index is -3.65. The molecule has 0 spiro atoms. The lowest BCUT2D eigenvalue weighted by Gasteiger charge is -2.25. The summed E-state index contributed by atoms with van der Waals surface area (Å²) in [6, 6.07) is 16.5. The first-order chi connectivity index (χ1) is 14.4. The fourth-order valence-corrected chi connectivity index (χ4v) is 5.91. The van der Waals surface area contributed by atoms with Crippen LogP contribution >= 0.6 is 0 Å². The van der Waals surface area contributed by atoms with Crippen LogP contribution in [0.4, 0.5) is 0 Å². The smallest absolute Gasteiger partial charge is 0.243 e. The summed E-state index contributed by atoms with van der Waals surface area (Å²) in [7, 11) is -7.31. The number of rotatable bonds is 4. The lowest BCUT2D eigenvalue weighted by molar-refractivity contribution is 0.0730. The van der Waals surface area contributed by atoms with Crippen LogP contribution < -0.4 is 0 Å². The van der Waals surface area contributed by atoms with E-state index in [0.29, 0.717) is 0 Å². The van der Waals surface area contributed by atoms with E-state index >= 15 is 0 Å². The number of ether oxygens (including phenoxy) is 2. The average molecular weight is 455 g/mol. The summed E-state index contributed by atoms with van der Waals surface area (Å²) in [5.41, 5.74) is 0. The summed E-state index contributed by atoms with van der Waals surface area (Å²) < 4.78 is 65.3. The highest BCUT2D eigenvalue weighted by atomic mass is 32.2. The van der Waals surface area contributed by atoms with E-state index in [0.717, 1.165) is 0 Å². The van der Waals surface area contributed by atoms with Gasteiger partial charge in [-0.2, -0.15) is 8.61 Å². The molecule has 1 heterocycles. The standard InChI is InChI=1S/C20H26N2O6S2/c23-29(24,19-7-3-1-4-8-19)21-11-15-27-17-13-22(14-18-28-16-12-21)30(25,26)20-9-5-2-6-10-20/h1-10H,11-18H2. The van der Waals surface area contributed by atoms with Gasteiger partial charge < -0.3 is 9.47 Å². The Bertz CT molecular complexity index is 903. The summed E-state index contributed by atoms with van der Waals surface area (Å²) in [5, 5.41) is 0. The molecule has 1 saturated heterocycles. The van der Waals surface area contributed by atoms with Gasteiger partial charge in [0.25, 0.3) is 0 Å². The zero-order valence-corrected chi connectivity index (χ0v) is 18.2. The molecule has 10 heteroatoms. The zero-order valence-electron chi connectivity index (χ0n) is 16.6. The van der Waals surface area contributed by atoms with E-state index in [2.05, 4.69) is 0 Å². The number of sulfonamides is 2. The van der Waals surface area contributed by atoms with Crippen LogP contribution in [0.15, 0.2) is 70.5 Å². The van der Waals surface area contributed by atoms with Gasteiger partial charge in [0.1, 0.15) is 0 Å². The molecule has 2 aromatic rings. The van der Waals surface area contributed by atoms with Gasteiger partial charge in [-0.15, -0.1) is 0 Å². The van der Waals surface area contributed by atoms with Gasteiger partial charge in [-0.3, -0.25) is 0 Å². The molecule has 0 unspecified atom stereocenters. The third kappa shape index (κ3) is 5.65. The summed E-state index contributed by atoms with van der Waals surface area (Å²) in [4.78, 5) is 0.439. The van der Waals surface area contributed by atoms with E-state index in [9.17, 15) is 16.8 Å². The first kappa shape index (κ1) is 22.9. The minimum Gasteiger partial charge on any atom is -0.379 e. The van der Waals surface area contributed by atoms with E-state index in [4.69, 9.17) is 9.47 Å². The van der Waals surface area contributed by atoms with Crippen molar-refractivity contribution in [3.05, 3.63) is 60.7 Å². The number of nitrogens with zero attached hydrogens (tertiary/aromatic N) is 2. The van der Waals surface area contributed by atoms with Gasteiger partial charge in [-0.25, -0.2) is 16.8 Å². The van der Waals surface area contributed by atoms with Crippen molar-refractivity contribution in [2.24, 2.45) is 0 Å². The van der Waals surface area contributed by atoms with Gasteiger partial charge in [0.2, 0.25) is 20.0 Å². The Morgan fingerprint density at radius 3 is 1.13 bits per heavy atom. The van der Waals surface area contributed by atoms with Crippen LogP contribution in [0.25, 0.3) is 0 Å². The van der Waals surface area contributed by atoms with Crippen LogP contribution in [0.2, 0.25) is 0 Å². The van der Waals surface area contributed by atoms with Gasteiger partial charge in [-0.05, 0) is 24.3 Å². The monoisotopic (exact) mass is 454 g/mol. The molecular weight excluding hydrogens is 428 g/mol. The molecule has 0 aromatic heterocycles. The number of hydrogen-bond acceptors (Lipinski definition) is 6. The third-order valence-electron chi connectivity index (χ3n) is 4.70. The van der Waals surface area contributed by atoms with Crippen molar-refractivity contribution in [1.82, 2.24) is 8.61 Å². The van der Waals surface area contributed by atoms with E-state index in [1.165, 1.54) is 8.61 Å². The highest BCUT2D eigenvalue weighted by Gasteiger charge is 2.26. The molecule has 0 radical (unpaired) electrons. The molecule has 1 fully saturated rings. The van der Waals surface area contributed by atoms with E-state index in [1.54, 1.807) is 60.7 Å². The lowest BCUT2D eigenvalue weighted by Crippen LogP contribution is -2.40. The normalized spacial score (nSPS) is 18.9. The second kappa shape index (κ2) is 10.5. The molecule has 164 valence electrons. The Hall–Kier alpha value is -1.82. The van der Waals surface area contributed by atoms with E-state index in [1.807, 2.05) is 0 Å². The van der Waals surface area contributed by atoms with Crippen molar-refractivity contribution in [2.75, 3.05) is 52.6 Å². The first-order valence-corrected chi connectivity index (χ1v) is 12.6. The van der Waals surface area contributed by atoms with Crippen LogP contribution in [-0.4, -0.2) is 78.1 Å². The van der Waals surface area contributed by atoms with Crippen LogP contribution in [0, 0.1) is 0 Å². The second-order valence-electron chi connectivity index (χ2n) is 6.66. The SMILES string of the molecule is O=S(=O)(c1ccccc1)N1CCOCCN(S(=O)(=O)c2ccccc2)CCOCC1. The molecule has 0 aliphatic carbocycles. The Morgan fingerprint density at radius 1 is 0.533 bits per heavy atom. The van der Waals surface area contributed by atoms with Gasteiger partial charge in [0, 0.05) is 26.2 Å². The maximum absolute atomic E-state index is 12.9. The topological polar surface area (TPSA) is 93.2 Å². The molecule has 2 aromatic carbocycles. The largest absolute Gasteiger partial charge is 0.379 e. The Morgan fingerprint density at radius 2 is 0.833 bits per heavy atom. The molecule has 0 bridgehead atoms. The molecule has 3 rings (SSSR count). The predicted molar refractivity (Wildman–Crippen MR) is 112 cm³/mol. The zero-order chi connectivity index (χ0) is 21.5. The average Bonchev–Trinajstić information content (AvgIpc) is 2.75. The number of benzene rings is 2. The van der Waals surface area contributed by atoms with Gasteiger partial charge in [0.05, 0.1) is 36.2 Å². The number of hydrogen-bond donors (Lipinski definition) is 0. The van der Waals surface area contributed by atoms with E-state index < -0.39 is 20.0 Å². The van der Waals surface area contributed by atoms with Crippen LogP contribution in [0.5, 0.6) is 0 Å². The highest BCUT2D eigenvalue weighted by molar-refractivity contribution is 7.89. The Labute approximate surface area is 178 Å². The molecule has 1 aliphatic heterocycles. The maximum Gasteiger partial charge on any atom is 0.243 e. The molecule has 30 heavy (non-hydrogen) atoms. The molecule has 0 saturated carbocycles. The lowest BCUT2D eigenvalue weighted by atomic mass is 10.4. The third-order valence-corrected chi connectivity index (χ3v) is 8.53. The van der Waals surface area contributed by atoms with E-state index in [-0.39, 0.29) is 62.4 Å². The van der Waals surface area contributed by atoms with Gasteiger partial charge in [0.15, 0.2) is 0 Å². The first-order valence-electron chi connectivity index (χ1n) is 9.68. The van der Waals surface area contributed by atoms with Crippen LogP contribution in [-0.2, 0) is 29.5 Å². The molecule has 0 atom stereocenters. The summed E-state index contributed by atoms with van der Waals surface area (Å²) in [6.07, 6.45) is 0. The molecule has 8 nitrogen and oxygen atoms in total. The van der Waals surface area contributed by atoms with Gasteiger partial charge >= 0.3 is 0 Å². The van der Waals surface area contributed by atoms with Crippen molar-refractivity contribution in [3.63, 3.8) is 0 Å². The van der Waals surface area contributed by atoms with Crippen molar-refractivity contribution < 1.29 is 26.3 Å².